The summed E-state index contributed by atoms with van der Waals surface area (Å²) >= 11 is 0. The third-order valence-corrected chi connectivity index (χ3v) is 18.9. The lowest BCUT2D eigenvalue weighted by atomic mass is 9.72. The molecule has 0 amide bonds. The number of aromatic nitrogens is 1. The highest BCUT2D eigenvalue weighted by Crippen LogP contribution is 2.59. The predicted molar refractivity (Wildman–Crippen MR) is 360 cm³/mol. The summed E-state index contributed by atoms with van der Waals surface area (Å²) in [7, 11) is 0. The SMILES string of the molecule is CCC1(CC)c2cc3c4ccccc4c4ccccc4c3cc2-c2ccc3c(c21)c1cc(-c2c4ccccc4c(N(c4ccccc4)c4cc(-c5ccccc5)cc(-c5ccccc5)c4)c4ccccc24)ccc1n3-c1ccc(C(C)C)cc1. The van der Waals surface area contributed by atoms with Gasteiger partial charge in [-0.1, -0.05) is 228 Å². The van der Waals surface area contributed by atoms with Crippen LogP contribution in [-0.4, -0.2) is 4.57 Å². The van der Waals surface area contributed by atoms with Crippen LogP contribution in [0.4, 0.5) is 17.1 Å². The van der Waals surface area contributed by atoms with E-state index in [-0.39, 0.29) is 5.41 Å². The molecule has 84 heavy (non-hydrogen) atoms. The molecule has 14 aromatic carbocycles. The highest BCUT2D eigenvalue weighted by Gasteiger charge is 2.43. The van der Waals surface area contributed by atoms with E-state index in [9.17, 15) is 0 Å². The molecule has 2 nitrogen and oxygen atoms in total. The summed E-state index contributed by atoms with van der Waals surface area (Å²) < 4.78 is 2.56. The molecule has 15 aromatic rings. The number of hydrogen-bond donors (Lipinski definition) is 0. The van der Waals surface area contributed by atoms with E-state index in [0.717, 1.165) is 29.9 Å². The van der Waals surface area contributed by atoms with Crippen LogP contribution in [0.5, 0.6) is 0 Å². The summed E-state index contributed by atoms with van der Waals surface area (Å²) in [5.41, 5.74) is 20.9. The molecule has 0 fully saturated rings. The van der Waals surface area contributed by atoms with Crippen LogP contribution in [0, 0.1) is 0 Å². The molecule has 1 heterocycles. The van der Waals surface area contributed by atoms with Gasteiger partial charge in [0.05, 0.1) is 16.7 Å². The smallest absolute Gasteiger partial charge is 0.0618 e. The van der Waals surface area contributed by atoms with Gasteiger partial charge in [0.2, 0.25) is 0 Å². The quantitative estimate of drug-likeness (QED) is 0.0979. The highest BCUT2D eigenvalue weighted by atomic mass is 15.1. The fourth-order valence-corrected chi connectivity index (χ4v) is 14.9. The Balaban J connectivity index is 0.979. The van der Waals surface area contributed by atoms with Gasteiger partial charge in [-0.05, 0) is 196 Å². The maximum absolute atomic E-state index is 2.60. The Labute approximate surface area is 491 Å². The molecular weight excluding hydrogens is 1010 g/mol. The van der Waals surface area contributed by atoms with Crippen LogP contribution in [0.25, 0.3) is 126 Å². The van der Waals surface area contributed by atoms with Crippen LogP contribution in [0.2, 0.25) is 0 Å². The number of hydrogen-bond acceptors (Lipinski definition) is 1. The largest absolute Gasteiger partial charge is 0.309 e. The van der Waals surface area contributed by atoms with Crippen molar-refractivity contribution < 1.29 is 0 Å². The first-order chi connectivity index (χ1) is 41.4. The molecule has 16 rings (SSSR count). The minimum absolute atomic E-state index is 0.234. The number of rotatable bonds is 10. The third kappa shape index (κ3) is 7.49. The number of anilines is 3. The van der Waals surface area contributed by atoms with Crippen molar-refractivity contribution in [3.05, 3.63) is 290 Å². The summed E-state index contributed by atoms with van der Waals surface area (Å²) in [5, 5.41) is 15.3. The maximum atomic E-state index is 2.60. The van der Waals surface area contributed by atoms with Gasteiger partial charge in [0.25, 0.3) is 0 Å². The Hall–Kier alpha value is -10.0. The molecular formula is C82H62N2. The molecule has 0 bridgehead atoms. The van der Waals surface area contributed by atoms with Crippen molar-refractivity contribution in [2.45, 2.75) is 51.9 Å². The molecule has 2 heteroatoms. The van der Waals surface area contributed by atoms with E-state index in [2.05, 4.69) is 310 Å². The Bertz CT molecular complexity index is 4990. The van der Waals surface area contributed by atoms with E-state index in [4.69, 9.17) is 0 Å². The molecule has 0 saturated heterocycles. The van der Waals surface area contributed by atoms with Gasteiger partial charge in [0.1, 0.15) is 0 Å². The molecule has 1 aliphatic rings. The fraction of sp³-hybridized carbons (Fsp3) is 0.0976. The summed E-state index contributed by atoms with van der Waals surface area (Å²) in [5.74, 6) is 0.433. The Kier molecular flexibility index (Phi) is 11.6. The van der Waals surface area contributed by atoms with Crippen molar-refractivity contribution >= 4 is 92.7 Å². The van der Waals surface area contributed by atoms with Gasteiger partial charge >= 0.3 is 0 Å². The minimum Gasteiger partial charge on any atom is -0.309 e. The van der Waals surface area contributed by atoms with Crippen molar-refractivity contribution in [3.8, 4) is 50.2 Å². The number of benzene rings is 14. The van der Waals surface area contributed by atoms with Crippen LogP contribution in [0.3, 0.4) is 0 Å². The molecule has 0 aliphatic heterocycles. The van der Waals surface area contributed by atoms with Crippen LogP contribution >= 0.6 is 0 Å². The molecule has 0 radical (unpaired) electrons. The summed E-state index contributed by atoms with van der Waals surface area (Å²) in [6.07, 6.45) is 1.95. The highest BCUT2D eigenvalue weighted by molar-refractivity contribution is 6.27. The van der Waals surface area contributed by atoms with Gasteiger partial charge in [0.15, 0.2) is 0 Å². The topological polar surface area (TPSA) is 8.17 Å². The van der Waals surface area contributed by atoms with Crippen molar-refractivity contribution in [2.24, 2.45) is 0 Å². The maximum Gasteiger partial charge on any atom is 0.0618 e. The van der Waals surface area contributed by atoms with Gasteiger partial charge in [-0.15, -0.1) is 0 Å². The lowest BCUT2D eigenvalue weighted by molar-refractivity contribution is 0.495. The van der Waals surface area contributed by atoms with E-state index < -0.39 is 0 Å². The summed E-state index contributed by atoms with van der Waals surface area (Å²) in [6, 6.07) is 103. The van der Waals surface area contributed by atoms with Crippen molar-refractivity contribution in [1.29, 1.82) is 0 Å². The normalized spacial score (nSPS) is 12.8. The first kappa shape index (κ1) is 49.8. The number of para-hydroxylation sites is 1. The molecule has 1 aromatic heterocycles. The van der Waals surface area contributed by atoms with E-state index in [0.29, 0.717) is 5.92 Å². The summed E-state index contributed by atoms with van der Waals surface area (Å²) in [6.45, 7) is 9.43. The second-order valence-corrected chi connectivity index (χ2v) is 23.5. The standard InChI is InChI=1S/C82H62N2/c1-5-82(6-2)75-51-72-65-33-19-17-31-63(65)62-30-16-18-32-64(62)71(72)50-73(75)68-43-45-77-79(80(68)82)74-49-56(40-44-76(74)84(77)60-41-38-53(39-42-60)52(3)4)78-66-34-20-22-36-69(66)81(70-37-23-21-35-67(70)78)83(59-28-14-9-15-29-59)61-47-57(54-24-10-7-11-25-54)46-58(48-61)55-26-12-8-13-27-55/h7-52H,5-6H2,1-4H3. The van der Waals surface area contributed by atoms with Gasteiger partial charge < -0.3 is 9.47 Å². The van der Waals surface area contributed by atoms with Crippen LogP contribution in [0.15, 0.2) is 273 Å². The van der Waals surface area contributed by atoms with Crippen molar-refractivity contribution in [2.75, 3.05) is 4.90 Å². The average molecular weight is 1080 g/mol. The number of fused-ring (bicyclic) bond motifs is 15. The molecule has 0 N–H and O–H groups in total. The second kappa shape index (κ2) is 19.6. The third-order valence-electron chi connectivity index (χ3n) is 18.9. The van der Waals surface area contributed by atoms with E-state index in [1.165, 1.54) is 143 Å². The Morgan fingerprint density at radius 2 is 0.845 bits per heavy atom. The van der Waals surface area contributed by atoms with Gasteiger partial charge in [-0.25, -0.2) is 0 Å². The molecule has 400 valence electrons. The molecule has 0 spiro atoms. The second-order valence-electron chi connectivity index (χ2n) is 23.5. The zero-order valence-corrected chi connectivity index (χ0v) is 47.9. The van der Waals surface area contributed by atoms with Crippen molar-refractivity contribution in [1.82, 2.24) is 4.57 Å². The first-order valence-corrected chi connectivity index (χ1v) is 30.1. The lowest BCUT2D eigenvalue weighted by Crippen LogP contribution is -2.23. The van der Waals surface area contributed by atoms with Gasteiger partial charge in [-0.3, -0.25) is 0 Å². The predicted octanol–water partition coefficient (Wildman–Crippen LogP) is 23.2. The zero-order valence-electron chi connectivity index (χ0n) is 47.9. The summed E-state index contributed by atoms with van der Waals surface area (Å²) in [4.78, 5) is 2.51. The van der Waals surface area contributed by atoms with Gasteiger partial charge in [0, 0.05) is 44.0 Å². The van der Waals surface area contributed by atoms with Crippen LogP contribution < -0.4 is 4.90 Å². The first-order valence-electron chi connectivity index (χ1n) is 30.1. The fourth-order valence-electron chi connectivity index (χ4n) is 14.9. The average Bonchev–Trinajstić information content (AvgIpc) is 1.65. The van der Waals surface area contributed by atoms with Crippen LogP contribution in [-0.2, 0) is 5.41 Å². The van der Waals surface area contributed by atoms with E-state index in [1.54, 1.807) is 0 Å². The Morgan fingerprint density at radius 1 is 0.357 bits per heavy atom. The number of nitrogens with zero attached hydrogens (tertiary/aromatic N) is 2. The van der Waals surface area contributed by atoms with Gasteiger partial charge in [-0.2, -0.15) is 0 Å². The monoisotopic (exact) mass is 1070 g/mol. The van der Waals surface area contributed by atoms with E-state index >= 15 is 0 Å². The Morgan fingerprint density at radius 3 is 1.39 bits per heavy atom. The molecule has 0 saturated carbocycles. The van der Waals surface area contributed by atoms with E-state index in [1.807, 2.05) is 0 Å². The zero-order chi connectivity index (χ0) is 56.2. The van der Waals surface area contributed by atoms with Crippen molar-refractivity contribution in [3.63, 3.8) is 0 Å². The van der Waals surface area contributed by atoms with Crippen LogP contribution in [0.1, 0.15) is 63.1 Å². The lowest BCUT2D eigenvalue weighted by Gasteiger charge is -2.31. The molecule has 0 unspecified atom stereocenters. The molecule has 0 atom stereocenters. The molecule has 1 aliphatic carbocycles. The minimum atomic E-state index is -0.234.